The minimum absolute atomic E-state index is 0.113. The Hall–Kier alpha value is -3.14. The van der Waals surface area contributed by atoms with Crippen LogP contribution in [0.2, 0.25) is 10.0 Å². The third-order valence-electron chi connectivity index (χ3n) is 5.68. The van der Waals surface area contributed by atoms with E-state index in [4.69, 9.17) is 27.9 Å². The Bertz CT molecular complexity index is 1240. The summed E-state index contributed by atoms with van der Waals surface area (Å²) in [6.07, 6.45) is 1.36. The first-order chi connectivity index (χ1) is 16.4. The van der Waals surface area contributed by atoms with Crippen molar-refractivity contribution in [3.8, 4) is 5.88 Å². The van der Waals surface area contributed by atoms with Gasteiger partial charge in [0.2, 0.25) is 11.8 Å². The largest absolute Gasteiger partial charge is 0.455 e. The first kappa shape index (κ1) is 22.6. The van der Waals surface area contributed by atoms with Gasteiger partial charge in [-0.05, 0) is 37.3 Å². The number of amides is 1. The van der Waals surface area contributed by atoms with Crippen LogP contribution < -0.4 is 25.2 Å². The maximum Gasteiger partial charge on any atom is 0.268 e. The third kappa shape index (κ3) is 4.34. The van der Waals surface area contributed by atoms with Crippen molar-refractivity contribution < 1.29 is 13.9 Å². The Morgan fingerprint density at radius 1 is 1.24 bits per heavy atom. The van der Waals surface area contributed by atoms with E-state index in [9.17, 15) is 9.18 Å². The smallest absolute Gasteiger partial charge is 0.268 e. The van der Waals surface area contributed by atoms with Crippen LogP contribution in [0.1, 0.15) is 17.3 Å². The quantitative estimate of drug-likeness (QED) is 0.544. The summed E-state index contributed by atoms with van der Waals surface area (Å²) in [6, 6.07) is 10.2. The minimum atomic E-state index is -0.386. The predicted octanol–water partition coefficient (Wildman–Crippen LogP) is 4.46. The lowest BCUT2D eigenvalue weighted by molar-refractivity contribution is 0.0932. The average Bonchev–Trinajstić information content (AvgIpc) is 2.80. The predicted molar refractivity (Wildman–Crippen MR) is 130 cm³/mol. The van der Waals surface area contributed by atoms with Gasteiger partial charge in [-0.3, -0.25) is 9.69 Å². The Morgan fingerprint density at radius 2 is 2.03 bits per heavy atom. The lowest BCUT2D eigenvalue weighted by Gasteiger charge is -2.33. The van der Waals surface area contributed by atoms with Crippen molar-refractivity contribution in [1.29, 1.82) is 0 Å². The third-order valence-corrected chi connectivity index (χ3v) is 6.29. The van der Waals surface area contributed by atoms with E-state index >= 15 is 0 Å². The van der Waals surface area contributed by atoms with E-state index in [1.54, 1.807) is 30.3 Å². The van der Waals surface area contributed by atoms with Gasteiger partial charge in [0.15, 0.2) is 6.73 Å². The highest BCUT2D eigenvalue weighted by Crippen LogP contribution is 2.37. The van der Waals surface area contributed by atoms with E-state index < -0.39 is 0 Å². The van der Waals surface area contributed by atoms with Gasteiger partial charge in [0, 0.05) is 37.6 Å². The number of ether oxygens (including phenoxy) is 1. The molecule has 1 aromatic heterocycles. The summed E-state index contributed by atoms with van der Waals surface area (Å²) in [5.41, 5.74) is 1.56. The number of fused-ring (bicyclic) bond motifs is 1. The fourth-order valence-corrected chi connectivity index (χ4v) is 4.65. The number of rotatable bonds is 4. The molecule has 3 heterocycles. The van der Waals surface area contributed by atoms with Gasteiger partial charge in [0.25, 0.3) is 5.91 Å². The van der Waals surface area contributed by atoms with Crippen LogP contribution in [0.25, 0.3) is 0 Å². The molecule has 0 bridgehead atoms. The average molecular weight is 503 g/mol. The fourth-order valence-electron chi connectivity index (χ4n) is 4.05. The van der Waals surface area contributed by atoms with Crippen LogP contribution in [0.4, 0.5) is 27.4 Å². The topological polar surface area (TPSA) is 82.6 Å². The first-order valence-corrected chi connectivity index (χ1v) is 11.5. The molecule has 2 aliphatic heterocycles. The number of piperazine rings is 1. The fraction of sp³-hybridized carbons (Fsp3) is 0.261. The van der Waals surface area contributed by atoms with Gasteiger partial charge >= 0.3 is 0 Å². The molecule has 34 heavy (non-hydrogen) atoms. The van der Waals surface area contributed by atoms with E-state index in [1.165, 1.54) is 17.2 Å². The number of para-hydroxylation sites is 1. The normalized spacial score (nSPS) is 17.9. The number of benzene rings is 2. The maximum atomic E-state index is 14.8. The molecule has 8 nitrogen and oxygen atoms in total. The van der Waals surface area contributed by atoms with Gasteiger partial charge in [-0.15, -0.1) is 0 Å². The molecule has 1 saturated heterocycles. The second kappa shape index (κ2) is 9.25. The SMILES string of the molecule is CC1CN(c2ccc(Nc3ncc4c(n3)OCN(c3c(Cl)cccc3Cl)C4=O)cc2F)CCN1. The summed E-state index contributed by atoms with van der Waals surface area (Å²) in [5.74, 6) is -0.424. The molecule has 2 N–H and O–H groups in total. The van der Waals surface area contributed by atoms with Crippen molar-refractivity contribution in [2.45, 2.75) is 13.0 Å². The van der Waals surface area contributed by atoms with Gasteiger partial charge in [0.1, 0.15) is 11.4 Å². The number of hydrogen-bond acceptors (Lipinski definition) is 7. The molecule has 176 valence electrons. The Labute approximate surface area is 205 Å². The van der Waals surface area contributed by atoms with Gasteiger partial charge in [-0.25, -0.2) is 9.37 Å². The standard InChI is InChI=1S/C23H21Cl2FN6O2/c1-13-11-31(8-7-27-13)19-6-5-14(9-18(19)26)29-23-28-10-15-21(30-23)34-12-32(22(15)33)20-16(24)3-2-4-17(20)25/h2-6,9-10,13,27H,7-8,11-12H2,1H3,(H,28,29,30). The molecule has 0 aliphatic carbocycles. The second-order valence-electron chi connectivity index (χ2n) is 8.08. The summed E-state index contributed by atoms with van der Waals surface area (Å²) < 4.78 is 20.5. The van der Waals surface area contributed by atoms with Crippen molar-refractivity contribution >= 4 is 52.1 Å². The van der Waals surface area contributed by atoms with Crippen LogP contribution in [0.5, 0.6) is 5.88 Å². The number of aromatic nitrogens is 2. The van der Waals surface area contributed by atoms with Gasteiger partial charge in [-0.1, -0.05) is 29.3 Å². The highest BCUT2D eigenvalue weighted by molar-refractivity contribution is 6.40. The van der Waals surface area contributed by atoms with Crippen LogP contribution in [0.15, 0.2) is 42.6 Å². The van der Waals surface area contributed by atoms with Crippen LogP contribution >= 0.6 is 23.2 Å². The van der Waals surface area contributed by atoms with Crippen molar-refractivity contribution in [3.63, 3.8) is 0 Å². The van der Waals surface area contributed by atoms with Crippen LogP contribution in [0, 0.1) is 5.82 Å². The minimum Gasteiger partial charge on any atom is -0.455 e. The number of carbonyl (C=O) groups is 1. The van der Waals surface area contributed by atoms with E-state index in [0.29, 0.717) is 33.1 Å². The highest BCUT2D eigenvalue weighted by atomic mass is 35.5. The van der Waals surface area contributed by atoms with E-state index in [1.807, 2.05) is 4.90 Å². The monoisotopic (exact) mass is 502 g/mol. The molecule has 0 saturated carbocycles. The lowest BCUT2D eigenvalue weighted by Crippen LogP contribution is -2.49. The summed E-state index contributed by atoms with van der Waals surface area (Å²) in [4.78, 5) is 24.9. The summed E-state index contributed by atoms with van der Waals surface area (Å²) in [6.45, 7) is 4.24. The molecule has 0 radical (unpaired) electrons. The molecular weight excluding hydrogens is 482 g/mol. The molecule has 2 aromatic carbocycles. The number of nitrogens with zero attached hydrogens (tertiary/aromatic N) is 4. The van der Waals surface area contributed by atoms with Crippen LogP contribution in [-0.4, -0.2) is 48.3 Å². The number of halogens is 3. The molecule has 2 aliphatic rings. The van der Waals surface area contributed by atoms with Gasteiger partial charge in [0.05, 0.1) is 21.4 Å². The Kier molecular flexibility index (Phi) is 6.16. The van der Waals surface area contributed by atoms with E-state index in [2.05, 4.69) is 27.5 Å². The summed E-state index contributed by atoms with van der Waals surface area (Å²) >= 11 is 12.5. The highest BCUT2D eigenvalue weighted by Gasteiger charge is 2.31. The second-order valence-corrected chi connectivity index (χ2v) is 8.90. The van der Waals surface area contributed by atoms with Gasteiger partial charge < -0.3 is 20.3 Å². The zero-order chi connectivity index (χ0) is 23.8. The van der Waals surface area contributed by atoms with E-state index in [-0.39, 0.29) is 35.8 Å². The zero-order valence-corrected chi connectivity index (χ0v) is 19.7. The maximum absolute atomic E-state index is 14.8. The molecule has 1 atom stereocenters. The van der Waals surface area contributed by atoms with Crippen molar-refractivity contribution in [1.82, 2.24) is 15.3 Å². The first-order valence-electron chi connectivity index (χ1n) is 10.7. The number of hydrogen-bond donors (Lipinski definition) is 2. The summed E-state index contributed by atoms with van der Waals surface area (Å²) in [7, 11) is 0. The Morgan fingerprint density at radius 3 is 2.76 bits per heavy atom. The molecular formula is C23H21Cl2FN6O2. The molecule has 5 rings (SSSR count). The number of carbonyl (C=O) groups excluding carboxylic acids is 1. The molecule has 1 amide bonds. The molecule has 1 fully saturated rings. The van der Waals surface area contributed by atoms with Crippen LogP contribution in [-0.2, 0) is 0 Å². The molecule has 0 spiro atoms. The molecule has 3 aromatic rings. The van der Waals surface area contributed by atoms with Crippen molar-refractivity contribution in [3.05, 3.63) is 64.0 Å². The number of nitrogens with one attached hydrogen (secondary N) is 2. The summed E-state index contributed by atoms with van der Waals surface area (Å²) in [5, 5.41) is 6.97. The van der Waals surface area contributed by atoms with Crippen LogP contribution in [0.3, 0.4) is 0 Å². The van der Waals surface area contributed by atoms with Crippen molar-refractivity contribution in [2.75, 3.05) is 41.5 Å². The molecule has 11 heteroatoms. The van der Waals surface area contributed by atoms with Gasteiger partial charge in [-0.2, -0.15) is 4.98 Å². The lowest BCUT2D eigenvalue weighted by atomic mass is 10.2. The zero-order valence-electron chi connectivity index (χ0n) is 18.2. The van der Waals surface area contributed by atoms with Crippen molar-refractivity contribution in [2.24, 2.45) is 0 Å². The Balaban J connectivity index is 1.34. The molecule has 1 unspecified atom stereocenters. The number of anilines is 4. The van der Waals surface area contributed by atoms with E-state index in [0.717, 1.165) is 19.6 Å².